The smallest absolute Gasteiger partial charge is 0.00125 e. The molecule has 0 radical (unpaired) electrons. The standard InChI is InChI=1S/C27H46/c1-8-12-13-14-17-25-18-19-26(22(6)24(11-4)16-10-3)23(7)27(25)20-21(5)15-9-2/h9,14-15,17-20,22-27H,8,10-13,16H2,1-7H3. The van der Waals surface area contributed by atoms with Crippen LogP contribution in [0.15, 0.2) is 48.1 Å². The van der Waals surface area contributed by atoms with E-state index >= 15 is 0 Å². The molecule has 6 atom stereocenters. The van der Waals surface area contributed by atoms with E-state index in [1.165, 1.54) is 44.1 Å². The van der Waals surface area contributed by atoms with Crippen LogP contribution >= 0.6 is 0 Å². The predicted molar refractivity (Wildman–Crippen MR) is 124 cm³/mol. The summed E-state index contributed by atoms with van der Waals surface area (Å²) < 4.78 is 0. The van der Waals surface area contributed by atoms with Gasteiger partial charge in [-0.2, -0.15) is 0 Å². The van der Waals surface area contributed by atoms with Crippen molar-refractivity contribution in [3.63, 3.8) is 0 Å². The van der Waals surface area contributed by atoms with Gasteiger partial charge in [-0.05, 0) is 49.9 Å². The maximum Gasteiger partial charge on any atom is 0.00125 e. The third-order valence-electron chi connectivity index (χ3n) is 6.72. The van der Waals surface area contributed by atoms with E-state index in [-0.39, 0.29) is 0 Å². The Kier molecular flexibility index (Phi) is 11.7. The Morgan fingerprint density at radius 1 is 1.11 bits per heavy atom. The van der Waals surface area contributed by atoms with Crippen LogP contribution in [0.3, 0.4) is 0 Å². The van der Waals surface area contributed by atoms with Gasteiger partial charge in [0, 0.05) is 5.92 Å². The Morgan fingerprint density at radius 2 is 1.85 bits per heavy atom. The van der Waals surface area contributed by atoms with Crippen LogP contribution in [0.1, 0.15) is 87.0 Å². The molecule has 0 nitrogen and oxygen atoms in total. The molecule has 154 valence electrons. The number of hydrogen-bond donors (Lipinski definition) is 0. The van der Waals surface area contributed by atoms with Gasteiger partial charge in [-0.25, -0.2) is 0 Å². The molecule has 0 heteroatoms. The lowest BCUT2D eigenvalue weighted by atomic mass is 9.64. The SMILES string of the molecule is CC=CC(C)=CC1C(C=CCCCC)C=CC(C(C)C(CC)CCC)C1C. The van der Waals surface area contributed by atoms with Crippen molar-refractivity contribution >= 4 is 0 Å². The van der Waals surface area contributed by atoms with E-state index in [0.717, 1.165) is 11.8 Å². The molecule has 0 aromatic carbocycles. The van der Waals surface area contributed by atoms with E-state index in [9.17, 15) is 0 Å². The van der Waals surface area contributed by atoms with Gasteiger partial charge < -0.3 is 0 Å². The summed E-state index contributed by atoms with van der Waals surface area (Å²) in [6, 6.07) is 0. The lowest BCUT2D eigenvalue weighted by Crippen LogP contribution is -2.34. The van der Waals surface area contributed by atoms with Crippen molar-refractivity contribution in [1.29, 1.82) is 0 Å². The molecule has 0 fully saturated rings. The Hall–Kier alpha value is -1.04. The lowest BCUT2D eigenvalue weighted by Gasteiger charge is -2.41. The van der Waals surface area contributed by atoms with Crippen molar-refractivity contribution in [2.45, 2.75) is 87.0 Å². The fourth-order valence-corrected chi connectivity index (χ4v) is 5.00. The second kappa shape index (κ2) is 13.2. The molecule has 0 spiro atoms. The monoisotopic (exact) mass is 370 g/mol. The largest absolute Gasteiger partial charge is 0.0879 e. The number of allylic oxidation sites excluding steroid dienone is 8. The van der Waals surface area contributed by atoms with Gasteiger partial charge in [-0.15, -0.1) is 0 Å². The Labute approximate surface area is 170 Å². The van der Waals surface area contributed by atoms with Crippen LogP contribution in [0.25, 0.3) is 0 Å². The zero-order valence-electron chi connectivity index (χ0n) is 19.2. The van der Waals surface area contributed by atoms with E-state index in [1.54, 1.807) is 0 Å². The summed E-state index contributed by atoms with van der Waals surface area (Å²) in [6.07, 6.45) is 24.7. The molecule has 0 aromatic rings. The minimum Gasteiger partial charge on any atom is -0.0879 e. The molecule has 0 N–H and O–H groups in total. The molecule has 1 aliphatic carbocycles. The molecule has 1 rings (SSSR count). The normalized spacial score (nSPS) is 28.9. The highest BCUT2D eigenvalue weighted by Crippen LogP contribution is 2.43. The highest BCUT2D eigenvalue weighted by atomic mass is 14.4. The molecule has 0 aromatic heterocycles. The third-order valence-corrected chi connectivity index (χ3v) is 6.72. The van der Waals surface area contributed by atoms with E-state index < -0.39 is 0 Å². The second-order valence-electron chi connectivity index (χ2n) is 8.77. The van der Waals surface area contributed by atoms with Crippen molar-refractivity contribution in [3.8, 4) is 0 Å². The number of unbranched alkanes of at least 4 members (excludes halogenated alkanes) is 2. The Balaban J connectivity index is 3.08. The van der Waals surface area contributed by atoms with Crippen LogP contribution in [0, 0.1) is 35.5 Å². The summed E-state index contributed by atoms with van der Waals surface area (Å²) >= 11 is 0. The van der Waals surface area contributed by atoms with Gasteiger partial charge in [0.1, 0.15) is 0 Å². The molecule has 0 heterocycles. The van der Waals surface area contributed by atoms with Gasteiger partial charge in [0.05, 0.1) is 0 Å². The predicted octanol–water partition coefficient (Wildman–Crippen LogP) is 8.77. The number of rotatable bonds is 11. The van der Waals surface area contributed by atoms with E-state index in [2.05, 4.69) is 91.0 Å². The van der Waals surface area contributed by atoms with Crippen LogP contribution in [0.5, 0.6) is 0 Å². The molecular formula is C27H46. The van der Waals surface area contributed by atoms with Crippen molar-refractivity contribution < 1.29 is 0 Å². The molecule has 0 saturated carbocycles. The zero-order valence-corrected chi connectivity index (χ0v) is 19.2. The van der Waals surface area contributed by atoms with Crippen LogP contribution in [-0.2, 0) is 0 Å². The van der Waals surface area contributed by atoms with Crippen molar-refractivity contribution in [3.05, 3.63) is 48.1 Å². The molecule has 0 bridgehead atoms. The van der Waals surface area contributed by atoms with Crippen molar-refractivity contribution in [2.24, 2.45) is 35.5 Å². The molecular weight excluding hydrogens is 324 g/mol. The first-order valence-corrected chi connectivity index (χ1v) is 11.7. The van der Waals surface area contributed by atoms with E-state index in [0.29, 0.717) is 23.7 Å². The summed E-state index contributed by atoms with van der Waals surface area (Å²) in [5.41, 5.74) is 1.41. The highest BCUT2D eigenvalue weighted by molar-refractivity contribution is 5.22. The quantitative estimate of drug-likeness (QED) is 0.194. The molecule has 0 aliphatic heterocycles. The van der Waals surface area contributed by atoms with Crippen molar-refractivity contribution in [2.75, 3.05) is 0 Å². The second-order valence-corrected chi connectivity index (χ2v) is 8.77. The zero-order chi connectivity index (χ0) is 20.2. The van der Waals surface area contributed by atoms with Gasteiger partial charge in [0.2, 0.25) is 0 Å². The van der Waals surface area contributed by atoms with Gasteiger partial charge in [0.25, 0.3) is 0 Å². The molecule has 6 unspecified atom stereocenters. The summed E-state index contributed by atoms with van der Waals surface area (Å²) in [5, 5.41) is 0. The van der Waals surface area contributed by atoms with Gasteiger partial charge in [0.15, 0.2) is 0 Å². The Morgan fingerprint density at radius 3 is 2.44 bits per heavy atom. The van der Waals surface area contributed by atoms with Crippen LogP contribution in [-0.4, -0.2) is 0 Å². The first kappa shape index (κ1) is 24.0. The first-order valence-electron chi connectivity index (χ1n) is 11.7. The van der Waals surface area contributed by atoms with E-state index in [1.807, 2.05) is 0 Å². The average Bonchev–Trinajstić information content (AvgIpc) is 2.65. The highest BCUT2D eigenvalue weighted by Gasteiger charge is 2.35. The topological polar surface area (TPSA) is 0 Å². The van der Waals surface area contributed by atoms with Gasteiger partial charge in [-0.3, -0.25) is 0 Å². The van der Waals surface area contributed by atoms with Crippen LogP contribution in [0.4, 0.5) is 0 Å². The summed E-state index contributed by atoms with van der Waals surface area (Å²) in [4.78, 5) is 0. The summed E-state index contributed by atoms with van der Waals surface area (Å²) in [6.45, 7) is 16.4. The van der Waals surface area contributed by atoms with Gasteiger partial charge in [-0.1, -0.05) is 115 Å². The van der Waals surface area contributed by atoms with Crippen LogP contribution < -0.4 is 0 Å². The average molecular weight is 371 g/mol. The molecule has 27 heavy (non-hydrogen) atoms. The molecule has 1 aliphatic rings. The number of hydrogen-bond acceptors (Lipinski definition) is 0. The summed E-state index contributed by atoms with van der Waals surface area (Å²) in [7, 11) is 0. The maximum atomic E-state index is 2.57. The fraction of sp³-hybridized carbons (Fsp3) is 0.704. The maximum absolute atomic E-state index is 2.57. The minimum absolute atomic E-state index is 0.548. The van der Waals surface area contributed by atoms with Gasteiger partial charge >= 0.3 is 0 Å². The van der Waals surface area contributed by atoms with Crippen LogP contribution in [0.2, 0.25) is 0 Å². The summed E-state index contributed by atoms with van der Waals surface area (Å²) in [5.74, 6) is 4.16. The first-order chi connectivity index (χ1) is 13.0. The van der Waals surface area contributed by atoms with E-state index in [4.69, 9.17) is 0 Å². The fourth-order valence-electron chi connectivity index (χ4n) is 5.00. The minimum atomic E-state index is 0.548. The molecule has 0 saturated heterocycles. The third kappa shape index (κ3) is 7.47. The Bertz CT molecular complexity index is 504. The lowest BCUT2D eigenvalue weighted by molar-refractivity contribution is 0.164. The van der Waals surface area contributed by atoms with Crippen molar-refractivity contribution in [1.82, 2.24) is 0 Å². The molecule has 0 amide bonds.